The number of nitrogens with zero attached hydrogens (tertiary/aromatic N) is 1. The fraction of sp³-hybridized carbons (Fsp3) is 0.273. The van der Waals surface area contributed by atoms with E-state index < -0.39 is 49.5 Å². The number of nitro groups is 1. The molecule has 0 radical (unpaired) electrons. The summed E-state index contributed by atoms with van der Waals surface area (Å²) in [4.78, 5) is 32.0. The topological polar surface area (TPSA) is 141 Å². The third kappa shape index (κ3) is 4.24. The molecule has 21 heavy (non-hydrogen) atoms. The molecular formula is C11H11NO8S. The van der Waals surface area contributed by atoms with Gasteiger partial charge in [0, 0.05) is 6.07 Å². The number of benzene rings is 1. The van der Waals surface area contributed by atoms with Gasteiger partial charge in [-0.3, -0.25) is 14.9 Å². The number of hydrogen-bond donors (Lipinski definition) is 1. The number of ether oxygens (including phenoxy) is 1. The van der Waals surface area contributed by atoms with Crippen LogP contribution in [0.3, 0.4) is 0 Å². The molecule has 1 rings (SSSR count). The van der Waals surface area contributed by atoms with E-state index in [-0.39, 0.29) is 5.56 Å². The molecule has 0 saturated carbocycles. The van der Waals surface area contributed by atoms with Crippen LogP contribution in [0.1, 0.15) is 15.9 Å². The first-order chi connectivity index (χ1) is 9.68. The Morgan fingerprint density at radius 3 is 2.48 bits per heavy atom. The van der Waals surface area contributed by atoms with E-state index in [0.29, 0.717) is 0 Å². The molecule has 1 N–H and O–H groups in total. The summed E-state index contributed by atoms with van der Waals surface area (Å²) < 4.78 is 27.7. The molecule has 0 spiro atoms. The number of carboxylic acids is 1. The highest BCUT2D eigenvalue weighted by atomic mass is 32.2. The second kappa shape index (κ2) is 6.31. The normalized spacial score (nSPS) is 10.9. The Morgan fingerprint density at radius 1 is 1.38 bits per heavy atom. The fourth-order valence-corrected chi connectivity index (χ4v) is 2.93. The molecule has 0 heterocycles. The van der Waals surface area contributed by atoms with Crippen LogP contribution in [0.2, 0.25) is 0 Å². The average Bonchev–Trinajstić information content (AvgIpc) is 2.36. The van der Waals surface area contributed by atoms with Crippen LogP contribution in [0.5, 0.6) is 0 Å². The molecular weight excluding hydrogens is 306 g/mol. The lowest BCUT2D eigenvalue weighted by Gasteiger charge is -2.07. The zero-order valence-electron chi connectivity index (χ0n) is 10.8. The van der Waals surface area contributed by atoms with Crippen LogP contribution in [-0.4, -0.2) is 43.2 Å². The molecule has 0 aromatic heterocycles. The number of methoxy groups -OCH3 is 1. The van der Waals surface area contributed by atoms with Crippen LogP contribution in [0.4, 0.5) is 5.69 Å². The molecule has 1 aromatic rings. The first kappa shape index (κ1) is 16.6. The van der Waals surface area contributed by atoms with Gasteiger partial charge in [0.05, 0.1) is 17.8 Å². The van der Waals surface area contributed by atoms with E-state index in [1.807, 2.05) is 0 Å². The molecule has 0 fully saturated rings. The van der Waals surface area contributed by atoms with Crippen molar-refractivity contribution in [2.24, 2.45) is 0 Å². The predicted molar refractivity (Wildman–Crippen MR) is 69.6 cm³/mol. The second-order valence-corrected chi connectivity index (χ2v) is 6.05. The number of esters is 1. The number of carbonyl (C=O) groups is 2. The van der Waals surface area contributed by atoms with Crippen molar-refractivity contribution in [3.63, 3.8) is 0 Å². The average molecular weight is 317 g/mol. The molecule has 10 heteroatoms. The van der Waals surface area contributed by atoms with Crippen molar-refractivity contribution < 1.29 is 32.8 Å². The largest absolute Gasteiger partial charge is 0.477 e. The van der Waals surface area contributed by atoms with Crippen LogP contribution < -0.4 is 0 Å². The van der Waals surface area contributed by atoms with E-state index >= 15 is 0 Å². The van der Waals surface area contributed by atoms with E-state index in [1.54, 1.807) is 0 Å². The zero-order chi connectivity index (χ0) is 16.2. The molecule has 0 aliphatic heterocycles. The second-order valence-electron chi connectivity index (χ2n) is 3.98. The summed E-state index contributed by atoms with van der Waals surface area (Å²) in [7, 11) is -3.00. The van der Waals surface area contributed by atoms with Crippen molar-refractivity contribution in [3.8, 4) is 0 Å². The van der Waals surface area contributed by atoms with Crippen molar-refractivity contribution >= 4 is 27.5 Å². The van der Waals surface area contributed by atoms with Crippen molar-refractivity contribution in [1.82, 2.24) is 0 Å². The Hall–Kier alpha value is -2.49. The van der Waals surface area contributed by atoms with Crippen molar-refractivity contribution in [2.75, 3.05) is 12.9 Å². The summed E-state index contributed by atoms with van der Waals surface area (Å²) in [6.45, 7) is 0. The maximum atomic E-state index is 11.8. The third-order valence-corrected chi connectivity index (χ3v) is 3.91. The van der Waals surface area contributed by atoms with Gasteiger partial charge in [0.2, 0.25) is 0 Å². The molecule has 114 valence electrons. The first-order valence-corrected chi connectivity index (χ1v) is 7.27. The Bertz CT molecular complexity index is 694. The Balaban J connectivity index is 3.26. The monoisotopic (exact) mass is 317 g/mol. The van der Waals surface area contributed by atoms with Gasteiger partial charge in [-0.15, -0.1) is 0 Å². The van der Waals surface area contributed by atoms with E-state index in [4.69, 9.17) is 5.11 Å². The summed E-state index contributed by atoms with van der Waals surface area (Å²) in [5.41, 5.74) is -1.69. The quantitative estimate of drug-likeness (QED) is 0.451. The van der Waals surface area contributed by atoms with Crippen LogP contribution in [0.25, 0.3) is 0 Å². The van der Waals surface area contributed by atoms with E-state index in [0.717, 1.165) is 19.2 Å². The number of carboxylic acid groups (broad SMARTS) is 1. The van der Waals surface area contributed by atoms with Gasteiger partial charge in [-0.2, -0.15) is 0 Å². The molecule has 0 unspecified atom stereocenters. The van der Waals surface area contributed by atoms with Crippen molar-refractivity contribution in [3.05, 3.63) is 39.4 Å². The van der Waals surface area contributed by atoms with Crippen LogP contribution >= 0.6 is 0 Å². The lowest BCUT2D eigenvalue weighted by molar-refractivity contribution is -0.385. The molecule has 0 saturated heterocycles. The Labute approximate surface area is 119 Å². The highest BCUT2D eigenvalue weighted by molar-refractivity contribution is 7.91. The smallest absolute Gasteiger partial charge is 0.343 e. The number of hydrogen-bond acceptors (Lipinski definition) is 7. The van der Waals surface area contributed by atoms with Gasteiger partial charge < -0.3 is 9.84 Å². The molecule has 9 nitrogen and oxygen atoms in total. The van der Waals surface area contributed by atoms with Gasteiger partial charge in [0.25, 0.3) is 5.69 Å². The van der Waals surface area contributed by atoms with Crippen LogP contribution in [0, 0.1) is 10.1 Å². The zero-order valence-corrected chi connectivity index (χ0v) is 11.6. The molecule has 0 bridgehead atoms. The summed E-state index contributed by atoms with van der Waals surface area (Å²) in [6, 6.07) is 3.28. The maximum Gasteiger partial charge on any atom is 0.343 e. The van der Waals surface area contributed by atoms with Crippen LogP contribution in [-0.2, 0) is 25.1 Å². The lowest BCUT2D eigenvalue weighted by Crippen LogP contribution is -2.20. The third-order valence-electron chi connectivity index (χ3n) is 2.48. The minimum absolute atomic E-state index is 0.263. The maximum absolute atomic E-state index is 11.8. The van der Waals surface area contributed by atoms with Gasteiger partial charge in [0.15, 0.2) is 9.84 Å². The minimum atomic E-state index is -4.00. The Morgan fingerprint density at radius 2 is 2.00 bits per heavy atom. The number of rotatable bonds is 6. The van der Waals surface area contributed by atoms with Gasteiger partial charge in [-0.25, -0.2) is 13.2 Å². The summed E-state index contributed by atoms with van der Waals surface area (Å²) in [5.74, 6) is -4.38. The summed E-state index contributed by atoms with van der Waals surface area (Å²) >= 11 is 0. The highest BCUT2D eigenvalue weighted by Crippen LogP contribution is 2.24. The van der Waals surface area contributed by atoms with Crippen LogP contribution in [0.15, 0.2) is 18.2 Å². The van der Waals surface area contributed by atoms with Gasteiger partial charge in [-0.05, 0) is 5.56 Å². The van der Waals surface area contributed by atoms with Crippen molar-refractivity contribution in [1.29, 1.82) is 0 Å². The fourth-order valence-electron chi connectivity index (χ4n) is 1.63. The highest BCUT2D eigenvalue weighted by Gasteiger charge is 2.27. The number of aromatic carboxylic acids is 1. The minimum Gasteiger partial charge on any atom is -0.477 e. The Kier molecular flexibility index (Phi) is 4.97. The van der Waals surface area contributed by atoms with Gasteiger partial charge >= 0.3 is 11.9 Å². The molecule has 0 aliphatic carbocycles. The summed E-state index contributed by atoms with van der Waals surface area (Å²) in [5, 5.41) is 19.8. The van der Waals surface area contributed by atoms with Crippen molar-refractivity contribution in [2.45, 2.75) is 5.75 Å². The SMILES string of the molecule is COC(=O)CS(=O)(=O)Cc1cccc([N+](=O)[O-])c1C(=O)O. The van der Waals surface area contributed by atoms with E-state index in [1.165, 1.54) is 6.07 Å². The molecule has 1 aromatic carbocycles. The van der Waals surface area contributed by atoms with Gasteiger partial charge in [-0.1, -0.05) is 12.1 Å². The number of nitro benzene ring substituents is 1. The number of sulfone groups is 1. The first-order valence-electron chi connectivity index (χ1n) is 5.44. The lowest BCUT2D eigenvalue weighted by atomic mass is 10.1. The molecule has 0 aliphatic rings. The van der Waals surface area contributed by atoms with Gasteiger partial charge in [0.1, 0.15) is 11.3 Å². The molecule has 0 amide bonds. The molecule has 0 atom stereocenters. The number of carbonyl (C=O) groups excluding carboxylic acids is 1. The van der Waals surface area contributed by atoms with E-state index in [9.17, 15) is 28.1 Å². The standard InChI is InChI=1S/C11H11NO8S/c1-20-9(13)6-21(18,19)5-7-3-2-4-8(12(16)17)10(7)11(14)15/h2-4H,5-6H2,1H3,(H,14,15). The van der Waals surface area contributed by atoms with E-state index in [2.05, 4.69) is 4.74 Å². The summed E-state index contributed by atoms with van der Waals surface area (Å²) in [6.07, 6.45) is 0. The predicted octanol–water partition coefficient (Wildman–Crippen LogP) is 0.381.